The van der Waals surface area contributed by atoms with E-state index in [0.717, 1.165) is 69.6 Å². The topological polar surface area (TPSA) is 158 Å². The zero-order valence-electron chi connectivity index (χ0n) is 41.1. The lowest BCUT2D eigenvalue weighted by Crippen LogP contribution is -2.50. The Morgan fingerprint density at radius 3 is 2.19 bits per heavy atom. The Hall–Kier alpha value is -2.09. The first-order valence-electron chi connectivity index (χ1n) is 24.7. The molecule has 0 bridgehead atoms. The summed E-state index contributed by atoms with van der Waals surface area (Å²) in [5.41, 5.74) is 2.46. The zero-order chi connectivity index (χ0) is 46.3. The summed E-state index contributed by atoms with van der Waals surface area (Å²) < 4.78 is 17.1. The maximum absolute atomic E-state index is 12.5. The van der Waals surface area contributed by atoms with E-state index in [0.29, 0.717) is 62.1 Å². The number of aliphatic hydroxyl groups excluding tert-OH is 3. The molecular formula is C50H93N3O9. The summed E-state index contributed by atoms with van der Waals surface area (Å²) in [6.07, 6.45) is 21.9. The number of allylic oxidation sites excluding steroid dienone is 1. The van der Waals surface area contributed by atoms with Crippen molar-refractivity contribution >= 4 is 17.7 Å². The molecule has 0 aromatic carbocycles. The van der Waals surface area contributed by atoms with Gasteiger partial charge in [0.05, 0.1) is 38.6 Å². The number of aliphatic hydroxyl groups is 3. The van der Waals surface area contributed by atoms with Crippen LogP contribution in [0.1, 0.15) is 158 Å². The number of nitrogens with one attached hydrogen (secondary N) is 1. The van der Waals surface area contributed by atoms with Crippen LogP contribution >= 0.6 is 0 Å². The Labute approximate surface area is 377 Å². The third-order valence-electron chi connectivity index (χ3n) is 15.3. The number of nitrogens with zero attached hydrogens (tertiary/aromatic N) is 2. The molecule has 0 spiro atoms. The molecule has 2 aliphatic heterocycles. The number of likely N-dealkylation sites (tertiary alicyclic amines) is 2. The lowest BCUT2D eigenvalue weighted by molar-refractivity contribution is -0.138. The van der Waals surface area contributed by atoms with E-state index in [1.54, 1.807) is 10.5 Å². The maximum Gasteiger partial charge on any atom is 0.248 e. The summed E-state index contributed by atoms with van der Waals surface area (Å²) >= 11 is 0. The fraction of sp³-hybridized carbons (Fsp3) is 0.900. The molecule has 9 atom stereocenters. The number of rotatable bonds is 17. The summed E-state index contributed by atoms with van der Waals surface area (Å²) in [7, 11) is 2.00. The fourth-order valence-corrected chi connectivity index (χ4v) is 12.0. The number of ether oxygens (including phenoxy) is 3. The predicted molar refractivity (Wildman–Crippen MR) is 248 cm³/mol. The summed E-state index contributed by atoms with van der Waals surface area (Å²) in [4.78, 5) is 39.5. The largest absolute Gasteiger partial charge is 0.400 e. The van der Waals surface area contributed by atoms with Crippen molar-refractivity contribution in [3.05, 3.63) is 11.6 Å². The molecule has 0 aromatic heterocycles. The van der Waals surface area contributed by atoms with Gasteiger partial charge in [0.1, 0.15) is 13.2 Å². The standard InChI is InChI=1S/C38H64N2O6.C8H15NO.C2H6.2CH4O/c1-27(2)7-5-8-28-11-13-33-32-12-10-29-23-31(14-16-38(29,4)34(32)15-17-37(28,33)3)46-25-35(42)39-18-20-44-21-22-45-26-36(43)40-19-6-9-30(40)24-41;1-3-8(10)9-6-4-5-7(9)2;3*1-2/h23,27-28,30-34,41H,5-22,24-26H2,1-4H3,(H,39,42);7H,3-6H2,1-2H3;1-2H3;2*2H,1H3. The predicted octanol–water partition coefficient (Wildman–Crippen LogP) is 7.56. The van der Waals surface area contributed by atoms with Gasteiger partial charge < -0.3 is 44.6 Å². The van der Waals surface area contributed by atoms with Crippen molar-refractivity contribution in [1.29, 1.82) is 0 Å². The maximum atomic E-state index is 12.5. The van der Waals surface area contributed by atoms with E-state index < -0.39 is 0 Å². The average molecular weight is 880 g/mol. The molecule has 3 amide bonds. The van der Waals surface area contributed by atoms with Gasteiger partial charge in [0, 0.05) is 46.3 Å². The highest BCUT2D eigenvalue weighted by Crippen LogP contribution is 2.67. The van der Waals surface area contributed by atoms with Gasteiger partial charge in [-0.2, -0.15) is 0 Å². The summed E-state index contributed by atoms with van der Waals surface area (Å²) in [5, 5.41) is 26.3. The van der Waals surface area contributed by atoms with Crippen LogP contribution in [0.4, 0.5) is 0 Å². The monoisotopic (exact) mass is 880 g/mol. The molecule has 362 valence electrons. The van der Waals surface area contributed by atoms with Crippen LogP contribution in [0, 0.1) is 40.4 Å². The van der Waals surface area contributed by atoms with Crippen LogP contribution in [0.5, 0.6) is 0 Å². The Morgan fingerprint density at radius 2 is 1.53 bits per heavy atom. The minimum absolute atomic E-state index is 0.00347. The molecule has 9 unspecified atom stereocenters. The van der Waals surface area contributed by atoms with Gasteiger partial charge in [-0.1, -0.05) is 73.0 Å². The van der Waals surface area contributed by atoms with E-state index in [9.17, 15) is 19.5 Å². The van der Waals surface area contributed by atoms with Gasteiger partial charge in [0.15, 0.2) is 0 Å². The van der Waals surface area contributed by atoms with Crippen LogP contribution in [0.3, 0.4) is 0 Å². The van der Waals surface area contributed by atoms with Gasteiger partial charge in [0.25, 0.3) is 0 Å². The Morgan fingerprint density at radius 1 is 0.839 bits per heavy atom. The van der Waals surface area contributed by atoms with Crippen LogP contribution in [-0.4, -0.2) is 135 Å². The van der Waals surface area contributed by atoms with Crippen molar-refractivity contribution < 1.29 is 43.9 Å². The van der Waals surface area contributed by atoms with E-state index in [2.05, 4.69) is 46.0 Å². The molecule has 4 N–H and O–H groups in total. The minimum atomic E-state index is -0.110. The summed E-state index contributed by atoms with van der Waals surface area (Å²) in [6, 6.07) is 0.417. The van der Waals surface area contributed by atoms with Crippen LogP contribution < -0.4 is 5.32 Å². The highest BCUT2D eigenvalue weighted by atomic mass is 16.5. The van der Waals surface area contributed by atoms with E-state index in [1.807, 2.05) is 25.7 Å². The Balaban J connectivity index is 0.000000707. The quantitative estimate of drug-likeness (QED) is 0.0855. The van der Waals surface area contributed by atoms with Crippen molar-refractivity contribution in [3.8, 4) is 0 Å². The number of fused-ring (bicyclic) bond motifs is 5. The number of hydrogen-bond acceptors (Lipinski definition) is 9. The van der Waals surface area contributed by atoms with Gasteiger partial charge in [-0.3, -0.25) is 14.4 Å². The molecule has 2 saturated heterocycles. The van der Waals surface area contributed by atoms with Crippen molar-refractivity contribution in [1.82, 2.24) is 15.1 Å². The SMILES string of the molecule is CC.CC(C)CCCC1CCC2C3CCC4=CC(OCC(=O)NCCOCCOCC(=O)N5CCCC5CO)CCC4(C)C3CCC12C.CCC(=O)N1CCCC1C.CO.CO. The number of carbonyl (C=O) groups excluding carboxylic acids is 3. The molecule has 62 heavy (non-hydrogen) atoms. The second kappa shape index (κ2) is 29.4. The molecule has 6 rings (SSSR count). The third kappa shape index (κ3) is 15.5. The molecule has 12 heteroatoms. The van der Waals surface area contributed by atoms with Crippen molar-refractivity contribution in [2.75, 3.05) is 73.5 Å². The van der Waals surface area contributed by atoms with Crippen LogP contribution in [0.25, 0.3) is 0 Å². The molecule has 4 aliphatic carbocycles. The number of carbonyl (C=O) groups is 3. The highest BCUT2D eigenvalue weighted by Gasteiger charge is 2.58. The van der Waals surface area contributed by atoms with Gasteiger partial charge in [-0.05, 0) is 131 Å². The normalized spacial score (nSPS) is 30.7. The fourth-order valence-electron chi connectivity index (χ4n) is 12.0. The Bertz CT molecular complexity index is 1310. The zero-order valence-corrected chi connectivity index (χ0v) is 41.1. The number of hydrogen-bond donors (Lipinski definition) is 4. The molecule has 2 heterocycles. The smallest absolute Gasteiger partial charge is 0.248 e. The van der Waals surface area contributed by atoms with Gasteiger partial charge in [0.2, 0.25) is 17.7 Å². The summed E-state index contributed by atoms with van der Waals surface area (Å²) in [6.45, 7) is 21.2. The lowest BCUT2D eigenvalue weighted by atomic mass is 9.46. The first-order valence-corrected chi connectivity index (χ1v) is 24.7. The minimum Gasteiger partial charge on any atom is -0.400 e. The second-order valence-electron chi connectivity index (χ2n) is 19.1. The third-order valence-corrected chi connectivity index (χ3v) is 15.3. The highest BCUT2D eigenvalue weighted by molar-refractivity contribution is 5.78. The van der Waals surface area contributed by atoms with Crippen molar-refractivity contribution in [2.24, 2.45) is 40.4 Å². The first kappa shape index (κ1) is 56.0. The van der Waals surface area contributed by atoms with Gasteiger partial charge in [-0.25, -0.2) is 0 Å². The van der Waals surface area contributed by atoms with Crippen LogP contribution in [-0.2, 0) is 28.6 Å². The number of amides is 3. The van der Waals surface area contributed by atoms with Crippen molar-refractivity contribution in [3.63, 3.8) is 0 Å². The molecular weight excluding hydrogens is 787 g/mol. The molecule has 0 aromatic rings. The van der Waals surface area contributed by atoms with E-state index >= 15 is 0 Å². The second-order valence-corrected chi connectivity index (χ2v) is 19.1. The Kier molecular flexibility index (Phi) is 26.6. The van der Waals surface area contributed by atoms with Gasteiger partial charge >= 0.3 is 0 Å². The average Bonchev–Trinajstić information content (AvgIpc) is 4.04. The van der Waals surface area contributed by atoms with Crippen LogP contribution in [0.15, 0.2) is 11.6 Å². The molecule has 0 radical (unpaired) electrons. The summed E-state index contributed by atoms with van der Waals surface area (Å²) in [5.74, 6) is 4.46. The lowest BCUT2D eigenvalue weighted by Gasteiger charge is -2.58. The molecule has 5 fully saturated rings. The molecule has 6 aliphatic rings. The molecule has 3 saturated carbocycles. The van der Waals surface area contributed by atoms with E-state index in [4.69, 9.17) is 24.4 Å². The van der Waals surface area contributed by atoms with Gasteiger partial charge in [-0.15, -0.1) is 0 Å². The van der Waals surface area contributed by atoms with Crippen LogP contribution in [0.2, 0.25) is 0 Å². The van der Waals surface area contributed by atoms with Crippen molar-refractivity contribution in [2.45, 2.75) is 176 Å². The first-order chi connectivity index (χ1) is 29.9. The molecule has 12 nitrogen and oxygen atoms in total. The van der Waals surface area contributed by atoms with E-state index in [1.165, 1.54) is 77.0 Å². The van der Waals surface area contributed by atoms with E-state index in [-0.39, 0.29) is 43.8 Å².